The number of hydrogen-bond acceptors (Lipinski definition) is 4. The molecule has 1 fully saturated rings. The second-order valence-electron chi connectivity index (χ2n) is 7.89. The number of amides is 2. The van der Waals surface area contributed by atoms with E-state index in [1.54, 1.807) is 19.2 Å². The molecular formula is C24H26FN3O2S. The minimum absolute atomic E-state index is 0.0677. The van der Waals surface area contributed by atoms with E-state index >= 15 is 0 Å². The highest BCUT2D eigenvalue weighted by Gasteiger charge is 2.32. The van der Waals surface area contributed by atoms with Crippen molar-refractivity contribution in [1.82, 2.24) is 10.2 Å². The number of carbonyl (C=O) groups excluding carboxylic acids is 2. The maximum Gasteiger partial charge on any atom is 0.261 e. The molecule has 0 unspecified atom stereocenters. The number of likely N-dealkylation sites (tertiary alicyclic amines) is 1. The molecule has 1 aromatic heterocycles. The van der Waals surface area contributed by atoms with Gasteiger partial charge in [-0.1, -0.05) is 18.2 Å². The van der Waals surface area contributed by atoms with E-state index in [0.717, 1.165) is 32.6 Å². The molecule has 5 nitrogen and oxygen atoms in total. The van der Waals surface area contributed by atoms with Crippen molar-refractivity contribution in [1.29, 1.82) is 0 Å². The summed E-state index contributed by atoms with van der Waals surface area (Å²) in [6.45, 7) is 1.89. The van der Waals surface area contributed by atoms with Gasteiger partial charge in [0.15, 0.2) is 0 Å². The standard InChI is InChI=1S/C24H26FN3O2S/c1-26-24(30)23-22(19-5-3-4-6-20(19)31-23)16-11-14-28(15-16)21(29)12-13-27(2)18-9-7-17(25)8-10-18/h3-10,16H,11-15H2,1-2H3,(H,26,30)/t16-/m1/s1. The fraction of sp³-hybridized carbons (Fsp3) is 0.333. The van der Waals surface area contributed by atoms with Crippen molar-refractivity contribution in [3.05, 3.63) is 64.8 Å². The van der Waals surface area contributed by atoms with E-state index in [4.69, 9.17) is 0 Å². The van der Waals surface area contributed by atoms with E-state index < -0.39 is 0 Å². The molecule has 2 amide bonds. The quantitative estimate of drug-likeness (QED) is 0.625. The van der Waals surface area contributed by atoms with Crippen LogP contribution in [0.1, 0.15) is 34.0 Å². The molecule has 1 N–H and O–H groups in total. The third-order valence-electron chi connectivity index (χ3n) is 5.94. The van der Waals surface area contributed by atoms with Crippen molar-refractivity contribution in [2.24, 2.45) is 0 Å². The van der Waals surface area contributed by atoms with E-state index in [0.29, 0.717) is 26.1 Å². The van der Waals surface area contributed by atoms with Gasteiger partial charge < -0.3 is 15.1 Å². The van der Waals surface area contributed by atoms with Gasteiger partial charge in [-0.05, 0) is 47.7 Å². The minimum Gasteiger partial charge on any atom is -0.374 e. The Hall–Kier alpha value is -2.93. The van der Waals surface area contributed by atoms with Crippen molar-refractivity contribution in [3.63, 3.8) is 0 Å². The molecule has 162 valence electrons. The van der Waals surface area contributed by atoms with E-state index in [9.17, 15) is 14.0 Å². The van der Waals surface area contributed by atoms with Crippen LogP contribution in [-0.2, 0) is 4.79 Å². The largest absolute Gasteiger partial charge is 0.374 e. The zero-order valence-electron chi connectivity index (χ0n) is 17.7. The summed E-state index contributed by atoms with van der Waals surface area (Å²) in [7, 11) is 3.55. The summed E-state index contributed by atoms with van der Waals surface area (Å²) in [5.41, 5.74) is 1.95. The first kappa shape index (κ1) is 21.3. The van der Waals surface area contributed by atoms with Gasteiger partial charge in [0.1, 0.15) is 5.82 Å². The Morgan fingerprint density at radius 2 is 1.94 bits per heavy atom. The lowest BCUT2D eigenvalue weighted by Crippen LogP contribution is -2.32. The van der Waals surface area contributed by atoms with E-state index in [-0.39, 0.29) is 23.5 Å². The fourth-order valence-corrected chi connectivity index (χ4v) is 5.46. The van der Waals surface area contributed by atoms with Gasteiger partial charge in [0, 0.05) is 56.5 Å². The maximum atomic E-state index is 13.1. The highest BCUT2D eigenvalue weighted by Crippen LogP contribution is 2.40. The number of thiophene rings is 1. The summed E-state index contributed by atoms with van der Waals surface area (Å²) in [6, 6.07) is 14.4. The van der Waals surface area contributed by atoms with Crippen molar-refractivity contribution >= 4 is 38.9 Å². The summed E-state index contributed by atoms with van der Waals surface area (Å²) in [4.78, 5) is 30.0. The normalized spacial score (nSPS) is 16.0. The monoisotopic (exact) mass is 439 g/mol. The van der Waals surface area contributed by atoms with Crippen LogP contribution in [0.5, 0.6) is 0 Å². The van der Waals surface area contributed by atoms with Crippen LogP contribution in [-0.4, -0.2) is 50.4 Å². The van der Waals surface area contributed by atoms with E-state index in [1.807, 2.05) is 35.0 Å². The Morgan fingerprint density at radius 3 is 2.68 bits per heavy atom. The average Bonchev–Trinajstić information content (AvgIpc) is 3.42. The number of halogens is 1. The van der Waals surface area contributed by atoms with Gasteiger partial charge in [0.25, 0.3) is 5.91 Å². The number of rotatable bonds is 6. The molecular weight excluding hydrogens is 413 g/mol. The molecule has 1 saturated heterocycles. The molecule has 1 atom stereocenters. The number of anilines is 1. The molecule has 0 saturated carbocycles. The molecule has 2 heterocycles. The number of hydrogen-bond donors (Lipinski definition) is 1. The first-order chi connectivity index (χ1) is 15.0. The fourth-order valence-electron chi connectivity index (χ4n) is 4.22. The van der Waals surface area contributed by atoms with E-state index in [2.05, 4.69) is 11.4 Å². The van der Waals surface area contributed by atoms with Crippen molar-refractivity contribution < 1.29 is 14.0 Å². The van der Waals surface area contributed by atoms with Crippen LogP contribution in [0.15, 0.2) is 48.5 Å². The number of carbonyl (C=O) groups is 2. The average molecular weight is 440 g/mol. The Morgan fingerprint density at radius 1 is 1.19 bits per heavy atom. The first-order valence-electron chi connectivity index (χ1n) is 10.5. The van der Waals surface area contributed by atoms with Crippen LogP contribution in [0.4, 0.5) is 10.1 Å². The zero-order chi connectivity index (χ0) is 22.0. The topological polar surface area (TPSA) is 52.7 Å². The van der Waals surface area contributed by atoms with Crippen LogP contribution in [0.25, 0.3) is 10.1 Å². The molecule has 31 heavy (non-hydrogen) atoms. The van der Waals surface area contributed by atoms with E-state index in [1.165, 1.54) is 23.5 Å². The highest BCUT2D eigenvalue weighted by molar-refractivity contribution is 7.21. The molecule has 1 aliphatic rings. The predicted octanol–water partition coefficient (Wildman–Crippen LogP) is 4.24. The Labute approximate surface area is 185 Å². The molecule has 1 aliphatic heterocycles. The predicted molar refractivity (Wildman–Crippen MR) is 123 cm³/mol. The summed E-state index contributed by atoms with van der Waals surface area (Å²) in [5.74, 6) is -0.0740. The number of nitrogens with zero attached hydrogens (tertiary/aromatic N) is 2. The lowest BCUT2D eigenvalue weighted by molar-refractivity contribution is -0.129. The Kier molecular flexibility index (Phi) is 6.23. The van der Waals surface area contributed by atoms with Crippen LogP contribution >= 0.6 is 11.3 Å². The van der Waals surface area contributed by atoms with Crippen LogP contribution in [0.3, 0.4) is 0 Å². The molecule has 3 aromatic rings. The van der Waals surface area contributed by atoms with Gasteiger partial charge in [-0.15, -0.1) is 11.3 Å². The third kappa shape index (κ3) is 4.42. The van der Waals surface area contributed by atoms with Gasteiger partial charge in [0.05, 0.1) is 4.88 Å². The molecule has 0 spiro atoms. The summed E-state index contributed by atoms with van der Waals surface area (Å²) < 4.78 is 14.2. The number of nitrogens with one attached hydrogen (secondary N) is 1. The van der Waals surface area contributed by atoms with Crippen LogP contribution < -0.4 is 10.2 Å². The third-order valence-corrected chi connectivity index (χ3v) is 7.13. The van der Waals surface area contributed by atoms with Crippen molar-refractivity contribution in [2.75, 3.05) is 38.6 Å². The van der Waals surface area contributed by atoms with Gasteiger partial charge in [0.2, 0.25) is 5.91 Å². The smallest absolute Gasteiger partial charge is 0.261 e. The Bertz CT molecular complexity index is 1100. The van der Waals surface area contributed by atoms with Crippen LogP contribution in [0, 0.1) is 5.82 Å². The molecule has 0 bridgehead atoms. The molecule has 4 rings (SSSR count). The molecule has 7 heteroatoms. The molecule has 2 aromatic carbocycles. The molecule has 0 aliphatic carbocycles. The lowest BCUT2D eigenvalue weighted by atomic mass is 9.95. The van der Waals surface area contributed by atoms with Crippen LogP contribution in [0.2, 0.25) is 0 Å². The summed E-state index contributed by atoms with van der Waals surface area (Å²) in [6.07, 6.45) is 1.25. The number of fused-ring (bicyclic) bond motifs is 1. The second-order valence-corrected chi connectivity index (χ2v) is 8.95. The second kappa shape index (κ2) is 9.06. The van der Waals surface area contributed by atoms with Crippen molar-refractivity contribution in [2.45, 2.75) is 18.8 Å². The molecule has 0 radical (unpaired) electrons. The van der Waals surface area contributed by atoms with Gasteiger partial charge in [-0.3, -0.25) is 9.59 Å². The Balaban J connectivity index is 1.44. The first-order valence-corrected chi connectivity index (χ1v) is 11.3. The van der Waals surface area contributed by atoms with Gasteiger partial charge >= 0.3 is 0 Å². The number of benzene rings is 2. The highest BCUT2D eigenvalue weighted by atomic mass is 32.1. The van der Waals surface area contributed by atoms with Gasteiger partial charge in [-0.25, -0.2) is 4.39 Å². The van der Waals surface area contributed by atoms with Gasteiger partial charge in [-0.2, -0.15) is 0 Å². The summed E-state index contributed by atoms with van der Waals surface area (Å²) >= 11 is 1.52. The minimum atomic E-state index is -0.270. The zero-order valence-corrected chi connectivity index (χ0v) is 18.5. The summed E-state index contributed by atoms with van der Waals surface area (Å²) in [5, 5.41) is 3.87. The van der Waals surface area contributed by atoms with Crippen molar-refractivity contribution in [3.8, 4) is 0 Å². The maximum absolute atomic E-state index is 13.1. The SMILES string of the molecule is CNC(=O)c1sc2ccccc2c1[C@@H]1CCN(C(=O)CCN(C)c2ccc(F)cc2)C1. The lowest BCUT2D eigenvalue weighted by Gasteiger charge is -2.22.